The van der Waals surface area contributed by atoms with Crippen molar-refractivity contribution in [2.45, 2.75) is 19.4 Å². The molecule has 1 N–H and O–H groups in total. The normalized spacial score (nSPS) is 10.5. The van der Waals surface area contributed by atoms with Crippen LogP contribution in [0.25, 0.3) is 0 Å². The summed E-state index contributed by atoms with van der Waals surface area (Å²) in [5, 5.41) is 3.41. The molecule has 0 bridgehead atoms. The number of unbranched alkanes of at least 4 members (excludes halogenated alkanes) is 1. The molecule has 0 heterocycles. The van der Waals surface area contributed by atoms with Crippen molar-refractivity contribution in [3.63, 3.8) is 0 Å². The van der Waals surface area contributed by atoms with E-state index in [1.165, 1.54) is 5.56 Å². The quantitative estimate of drug-likeness (QED) is 0.749. The van der Waals surface area contributed by atoms with E-state index in [0.717, 1.165) is 42.8 Å². The molecule has 4 heteroatoms. The van der Waals surface area contributed by atoms with E-state index in [4.69, 9.17) is 9.47 Å². The molecular weight excluding hydrogens is 282 g/mol. The van der Waals surface area contributed by atoms with Crippen molar-refractivity contribution in [2.75, 3.05) is 27.4 Å². The summed E-state index contributed by atoms with van der Waals surface area (Å²) in [6.07, 6.45) is 2.25. The lowest BCUT2D eigenvalue weighted by atomic mass is 10.2. The number of methoxy groups -OCH3 is 2. The molecule has 3 nitrogen and oxygen atoms in total. The molecule has 0 atom stereocenters. The van der Waals surface area contributed by atoms with Gasteiger partial charge in [-0.1, -0.05) is 6.07 Å². The zero-order chi connectivity index (χ0) is 12.5. The Kier molecular flexibility index (Phi) is 7.24. The van der Waals surface area contributed by atoms with Gasteiger partial charge in [0.25, 0.3) is 0 Å². The van der Waals surface area contributed by atoms with Crippen LogP contribution in [-0.4, -0.2) is 27.4 Å². The summed E-state index contributed by atoms with van der Waals surface area (Å²) < 4.78 is 11.2. The molecule has 1 aromatic rings. The summed E-state index contributed by atoms with van der Waals surface area (Å²) in [6.45, 7) is 2.75. The van der Waals surface area contributed by atoms with E-state index in [2.05, 4.69) is 33.4 Å². The fourth-order valence-electron chi connectivity index (χ4n) is 1.55. The van der Waals surface area contributed by atoms with E-state index < -0.39 is 0 Å². The summed E-state index contributed by atoms with van der Waals surface area (Å²) >= 11 is 3.48. The van der Waals surface area contributed by atoms with Crippen molar-refractivity contribution in [1.82, 2.24) is 5.32 Å². The van der Waals surface area contributed by atoms with Crippen LogP contribution in [0.5, 0.6) is 5.75 Å². The third-order valence-corrected chi connectivity index (χ3v) is 3.12. The molecule has 0 aliphatic rings. The van der Waals surface area contributed by atoms with Crippen LogP contribution in [0.15, 0.2) is 22.7 Å². The molecule has 0 aliphatic carbocycles. The first kappa shape index (κ1) is 14.5. The lowest BCUT2D eigenvalue weighted by Crippen LogP contribution is -2.15. The van der Waals surface area contributed by atoms with Gasteiger partial charge >= 0.3 is 0 Å². The maximum Gasteiger partial charge on any atom is 0.133 e. The number of nitrogens with one attached hydrogen (secondary N) is 1. The predicted octanol–water partition coefficient (Wildman–Crippen LogP) is 2.97. The van der Waals surface area contributed by atoms with Gasteiger partial charge in [-0.2, -0.15) is 0 Å². The van der Waals surface area contributed by atoms with E-state index >= 15 is 0 Å². The number of ether oxygens (including phenoxy) is 2. The Morgan fingerprint density at radius 3 is 2.71 bits per heavy atom. The smallest absolute Gasteiger partial charge is 0.133 e. The van der Waals surface area contributed by atoms with E-state index in [1.54, 1.807) is 14.2 Å². The Balaban J connectivity index is 2.25. The molecule has 0 radical (unpaired) electrons. The maximum atomic E-state index is 5.19. The van der Waals surface area contributed by atoms with Gasteiger partial charge in [0.1, 0.15) is 5.75 Å². The van der Waals surface area contributed by atoms with Crippen molar-refractivity contribution >= 4 is 15.9 Å². The van der Waals surface area contributed by atoms with Crippen molar-refractivity contribution in [3.8, 4) is 5.75 Å². The Bertz CT molecular complexity index is 331. The molecule has 0 aromatic heterocycles. The zero-order valence-electron chi connectivity index (χ0n) is 10.5. The van der Waals surface area contributed by atoms with Gasteiger partial charge in [0.05, 0.1) is 11.6 Å². The van der Waals surface area contributed by atoms with Crippen LogP contribution in [0.3, 0.4) is 0 Å². The lowest BCUT2D eigenvalue weighted by molar-refractivity contribution is 0.192. The minimum Gasteiger partial charge on any atom is -0.496 e. The first-order chi connectivity index (χ1) is 8.27. The fourth-order valence-corrected chi connectivity index (χ4v) is 2.14. The van der Waals surface area contributed by atoms with Crippen LogP contribution >= 0.6 is 15.9 Å². The minimum atomic E-state index is 0.843. The Hall–Kier alpha value is -0.580. The Morgan fingerprint density at radius 2 is 2.06 bits per heavy atom. The second kappa shape index (κ2) is 8.50. The molecule has 0 saturated heterocycles. The summed E-state index contributed by atoms with van der Waals surface area (Å²) in [5.41, 5.74) is 1.25. The van der Waals surface area contributed by atoms with Gasteiger partial charge in [-0.05, 0) is 53.0 Å². The van der Waals surface area contributed by atoms with Gasteiger partial charge in [-0.25, -0.2) is 0 Å². The van der Waals surface area contributed by atoms with Crippen LogP contribution in [0.2, 0.25) is 0 Å². The number of benzene rings is 1. The van der Waals surface area contributed by atoms with E-state index in [1.807, 2.05) is 6.07 Å². The molecule has 96 valence electrons. The highest BCUT2D eigenvalue weighted by Crippen LogP contribution is 2.25. The van der Waals surface area contributed by atoms with Crippen LogP contribution < -0.4 is 10.1 Å². The molecule has 0 saturated carbocycles. The molecule has 1 rings (SSSR count). The second-order valence-corrected chi connectivity index (χ2v) is 4.70. The first-order valence-electron chi connectivity index (χ1n) is 5.80. The maximum absolute atomic E-state index is 5.19. The highest BCUT2D eigenvalue weighted by molar-refractivity contribution is 9.10. The van der Waals surface area contributed by atoms with Crippen LogP contribution in [0, 0.1) is 0 Å². The summed E-state index contributed by atoms with van der Waals surface area (Å²) in [7, 11) is 3.41. The van der Waals surface area contributed by atoms with Gasteiger partial charge in [0.2, 0.25) is 0 Å². The first-order valence-corrected chi connectivity index (χ1v) is 6.59. The molecule has 0 amide bonds. The highest BCUT2D eigenvalue weighted by Gasteiger charge is 2.00. The number of rotatable bonds is 8. The van der Waals surface area contributed by atoms with E-state index in [9.17, 15) is 0 Å². The molecule has 0 unspecified atom stereocenters. The Morgan fingerprint density at radius 1 is 1.24 bits per heavy atom. The van der Waals surface area contributed by atoms with Crippen molar-refractivity contribution < 1.29 is 9.47 Å². The summed E-state index contributed by atoms with van der Waals surface area (Å²) in [6, 6.07) is 6.14. The van der Waals surface area contributed by atoms with Gasteiger partial charge in [-0.3, -0.25) is 0 Å². The monoisotopic (exact) mass is 301 g/mol. The minimum absolute atomic E-state index is 0.843. The van der Waals surface area contributed by atoms with Gasteiger partial charge in [0.15, 0.2) is 0 Å². The van der Waals surface area contributed by atoms with Crippen LogP contribution in [-0.2, 0) is 11.3 Å². The van der Waals surface area contributed by atoms with Crippen molar-refractivity contribution in [2.24, 2.45) is 0 Å². The highest BCUT2D eigenvalue weighted by atomic mass is 79.9. The SMILES string of the molecule is COCCCCNCc1ccc(OC)c(Br)c1. The molecular formula is C13H20BrNO2. The molecule has 1 aromatic carbocycles. The third-order valence-electron chi connectivity index (χ3n) is 2.50. The molecule has 0 spiro atoms. The number of hydrogen-bond acceptors (Lipinski definition) is 3. The second-order valence-electron chi connectivity index (χ2n) is 3.85. The zero-order valence-corrected chi connectivity index (χ0v) is 12.0. The van der Waals surface area contributed by atoms with E-state index in [-0.39, 0.29) is 0 Å². The number of hydrogen-bond donors (Lipinski definition) is 1. The third kappa shape index (κ3) is 5.52. The summed E-state index contributed by atoms with van der Waals surface area (Å²) in [4.78, 5) is 0. The predicted molar refractivity (Wildman–Crippen MR) is 73.5 cm³/mol. The van der Waals surface area contributed by atoms with Gasteiger partial charge in [-0.15, -0.1) is 0 Å². The lowest BCUT2D eigenvalue weighted by Gasteiger charge is -2.07. The summed E-state index contributed by atoms with van der Waals surface area (Å²) in [5.74, 6) is 0.869. The van der Waals surface area contributed by atoms with Crippen molar-refractivity contribution in [3.05, 3.63) is 28.2 Å². The Labute approximate surface area is 112 Å². The van der Waals surface area contributed by atoms with Crippen molar-refractivity contribution in [1.29, 1.82) is 0 Å². The largest absolute Gasteiger partial charge is 0.496 e. The average Bonchev–Trinajstić information content (AvgIpc) is 2.34. The standard InChI is InChI=1S/C13H20BrNO2/c1-16-8-4-3-7-15-10-11-5-6-13(17-2)12(14)9-11/h5-6,9,15H,3-4,7-8,10H2,1-2H3. The van der Waals surface area contributed by atoms with Crippen LogP contribution in [0.1, 0.15) is 18.4 Å². The number of halogens is 1. The molecule has 17 heavy (non-hydrogen) atoms. The van der Waals surface area contributed by atoms with Gasteiger partial charge in [0, 0.05) is 20.3 Å². The van der Waals surface area contributed by atoms with Crippen LogP contribution in [0.4, 0.5) is 0 Å². The average molecular weight is 302 g/mol. The van der Waals surface area contributed by atoms with E-state index in [0.29, 0.717) is 0 Å². The molecule has 0 aliphatic heterocycles. The molecule has 0 fully saturated rings. The van der Waals surface area contributed by atoms with Gasteiger partial charge < -0.3 is 14.8 Å². The fraction of sp³-hybridized carbons (Fsp3) is 0.538. The topological polar surface area (TPSA) is 30.5 Å².